The summed E-state index contributed by atoms with van der Waals surface area (Å²) >= 11 is 12.0. The molecule has 0 aromatic heterocycles. The zero-order valence-corrected chi connectivity index (χ0v) is 17.6. The standard InChI is InChI=1S/C22H19Cl2NO5/c1-4-10-28-19-9-6-15(12-20(19)27-3)14-30-25-22(26)21(29-11-5-2)16-7-8-17(23)18(24)13-16/h1-2,6-9,12-13,21H,10-11,14H2,3H3,(H,25,26). The number of halogens is 2. The normalized spacial score (nSPS) is 11.1. The molecule has 156 valence electrons. The van der Waals surface area contributed by atoms with Crippen molar-refractivity contribution in [2.24, 2.45) is 0 Å². The Bertz CT molecular complexity index is 965. The highest BCUT2D eigenvalue weighted by Gasteiger charge is 2.22. The SMILES string of the molecule is C#CCOc1ccc(CONC(=O)C(OCC#C)c2ccc(Cl)c(Cl)c2)cc1OC. The van der Waals surface area contributed by atoms with Crippen LogP contribution < -0.4 is 15.0 Å². The van der Waals surface area contributed by atoms with Crippen LogP contribution in [-0.2, 0) is 21.0 Å². The minimum absolute atomic E-state index is 0.0702. The molecule has 1 atom stereocenters. The fourth-order valence-electron chi connectivity index (χ4n) is 2.41. The Balaban J connectivity index is 2.02. The van der Waals surface area contributed by atoms with Crippen molar-refractivity contribution in [1.29, 1.82) is 0 Å². The van der Waals surface area contributed by atoms with Gasteiger partial charge in [0.15, 0.2) is 17.6 Å². The van der Waals surface area contributed by atoms with E-state index in [2.05, 4.69) is 17.3 Å². The van der Waals surface area contributed by atoms with Crippen LogP contribution in [0.4, 0.5) is 0 Å². The maximum Gasteiger partial charge on any atom is 0.277 e. The fraction of sp³-hybridized carbons (Fsp3) is 0.227. The molecular weight excluding hydrogens is 429 g/mol. The van der Waals surface area contributed by atoms with Crippen LogP contribution in [0.25, 0.3) is 0 Å². The largest absolute Gasteiger partial charge is 0.493 e. The molecule has 0 fully saturated rings. The molecule has 1 unspecified atom stereocenters. The fourth-order valence-corrected chi connectivity index (χ4v) is 2.72. The van der Waals surface area contributed by atoms with Crippen LogP contribution in [0.2, 0.25) is 10.0 Å². The van der Waals surface area contributed by atoms with Crippen LogP contribution in [0.3, 0.4) is 0 Å². The van der Waals surface area contributed by atoms with Gasteiger partial charge in [-0.3, -0.25) is 9.63 Å². The summed E-state index contributed by atoms with van der Waals surface area (Å²) < 4.78 is 16.1. The molecule has 2 aromatic rings. The lowest BCUT2D eigenvalue weighted by molar-refractivity contribution is -0.146. The summed E-state index contributed by atoms with van der Waals surface area (Å²) in [6.07, 6.45) is 9.41. The van der Waals surface area contributed by atoms with Crippen molar-refractivity contribution in [2.45, 2.75) is 12.7 Å². The third-order valence-corrected chi connectivity index (χ3v) is 4.51. The van der Waals surface area contributed by atoms with Gasteiger partial charge in [-0.15, -0.1) is 12.8 Å². The number of carbonyl (C=O) groups is 1. The predicted octanol–water partition coefficient (Wildman–Crippen LogP) is 3.95. The first-order valence-electron chi connectivity index (χ1n) is 8.65. The Morgan fingerprint density at radius 1 is 1.07 bits per heavy atom. The van der Waals surface area contributed by atoms with Gasteiger partial charge in [-0.2, -0.15) is 0 Å². The van der Waals surface area contributed by atoms with E-state index in [9.17, 15) is 4.79 Å². The minimum Gasteiger partial charge on any atom is -0.493 e. The molecule has 2 aromatic carbocycles. The van der Waals surface area contributed by atoms with Crippen molar-refractivity contribution in [3.8, 4) is 36.2 Å². The Kier molecular flexibility index (Phi) is 9.34. The van der Waals surface area contributed by atoms with Crippen LogP contribution in [0, 0.1) is 24.7 Å². The zero-order chi connectivity index (χ0) is 21.9. The monoisotopic (exact) mass is 447 g/mol. The van der Waals surface area contributed by atoms with E-state index < -0.39 is 12.0 Å². The zero-order valence-electron chi connectivity index (χ0n) is 16.1. The van der Waals surface area contributed by atoms with E-state index in [4.69, 9.17) is 55.1 Å². The predicted molar refractivity (Wildman–Crippen MR) is 114 cm³/mol. The minimum atomic E-state index is -1.02. The molecule has 0 bridgehead atoms. The summed E-state index contributed by atoms with van der Waals surface area (Å²) in [5.41, 5.74) is 3.57. The van der Waals surface area contributed by atoms with E-state index >= 15 is 0 Å². The number of amides is 1. The molecule has 1 amide bonds. The number of rotatable bonds is 10. The van der Waals surface area contributed by atoms with E-state index in [0.717, 1.165) is 5.56 Å². The first-order valence-corrected chi connectivity index (χ1v) is 9.40. The number of carbonyl (C=O) groups excluding carboxylic acids is 1. The van der Waals surface area contributed by atoms with E-state index in [1.807, 2.05) is 0 Å². The van der Waals surface area contributed by atoms with Crippen molar-refractivity contribution >= 4 is 29.1 Å². The van der Waals surface area contributed by atoms with Gasteiger partial charge >= 0.3 is 0 Å². The third kappa shape index (κ3) is 6.59. The summed E-state index contributed by atoms with van der Waals surface area (Å²) in [5, 5.41) is 0.646. The lowest BCUT2D eigenvalue weighted by atomic mass is 10.1. The Labute approximate surface area is 185 Å². The lowest BCUT2D eigenvalue weighted by Crippen LogP contribution is -2.31. The summed E-state index contributed by atoms with van der Waals surface area (Å²) in [4.78, 5) is 17.9. The smallest absolute Gasteiger partial charge is 0.277 e. The van der Waals surface area contributed by atoms with Crippen LogP contribution in [-0.4, -0.2) is 26.2 Å². The number of hydrogen-bond donors (Lipinski definition) is 1. The van der Waals surface area contributed by atoms with Crippen molar-refractivity contribution in [1.82, 2.24) is 5.48 Å². The Morgan fingerprint density at radius 2 is 1.83 bits per heavy atom. The summed E-state index contributed by atoms with van der Waals surface area (Å²) in [5.74, 6) is 5.15. The van der Waals surface area contributed by atoms with Gasteiger partial charge in [0.25, 0.3) is 5.91 Å². The average Bonchev–Trinajstić information content (AvgIpc) is 2.75. The molecule has 0 spiro atoms. The van der Waals surface area contributed by atoms with Crippen LogP contribution in [0.1, 0.15) is 17.2 Å². The van der Waals surface area contributed by atoms with Crippen LogP contribution in [0.5, 0.6) is 11.5 Å². The number of hydroxylamine groups is 1. The quantitative estimate of drug-likeness (QED) is 0.441. The first-order chi connectivity index (χ1) is 14.5. The van der Waals surface area contributed by atoms with Gasteiger partial charge in [-0.25, -0.2) is 5.48 Å². The summed E-state index contributed by atoms with van der Waals surface area (Å²) in [6, 6.07) is 9.88. The number of hydrogen-bond acceptors (Lipinski definition) is 5. The van der Waals surface area contributed by atoms with Crippen LogP contribution in [0.15, 0.2) is 36.4 Å². The maximum absolute atomic E-state index is 12.6. The average molecular weight is 448 g/mol. The van der Waals surface area contributed by atoms with Crippen molar-refractivity contribution in [2.75, 3.05) is 20.3 Å². The van der Waals surface area contributed by atoms with Crippen LogP contribution >= 0.6 is 23.2 Å². The highest BCUT2D eigenvalue weighted by Crippen LogP contribution is 2.29. The van der Waals surface area contributed by atoms with Gasteiger partial charge in [0.2, 0.25) is 0 Å². The van der Waals surface area contributed by atoms with Gasteiger partial charge in [-0.05, 0) is 35.4 Å². The molecule has 0 radical (unpaired) electrons. The molecule has 1 N–H and O–H groups in total. The summed E-state index contributed by atoms with van der Waals surface area (Å²) in [6.45, 7) is 0.116. The summed E-state index contributed by atoms with van der Waals surface area (Å²) in [7, 11) is 1.51. The van der Waals surface area contributed by atoms with Gasteiger partial charge in [0.05, 0.1) is 23.8 Å². The second-order valence-electron chi connectivity index (χ2n) is 5.80. The topological polar surface area (TPSA) is 66.0 Å². The number of nitrogens with one attached hydrogen (secondary N) is 1. The van der Waals surface area contributed by atoms with E-state index in [1.54, 1.807) is 30.3 Å². The molecule has 0 aliphatic heterocycles. The molecular formula is C22H19Cl2NO5. The molecule has 0 saturated heterocycles. The van der Waals surface area contributed by atoms with Crippen molar-refractivity contribution < 1.29 is 23.8 Å². The molecule has 0 heterocycles. The molecule has 0 aliphatic carbocycles. The number of ether oxygens (including phenoxy) is 3. The Morgan fingerprint density at radius 3 is 2.50 bits per heavy atom. The number of methoxy groups -OCH3 is 1. The van der Waals surface area contributed by atoms with Gasteiger partial charge in [0, 0.05) is 0 Å². The molecule has 2 rings (SSSR count). The van der Waals surface area contributed by atoms with Crippen molar-refractivity contribution in [3.63, 3.8) is 0 Å². The lowest BCUT2D eigenvalue weighted by Gasteiger charge is -2.17. The molecule has 0 saturated carbocycles. The maximum atomic E-state index is 12.6. The van der Waals surface area contributed by atoms with Gasteiger partial charge in [0.1, 0.15) is 13.2 Å². The highest BCUT2D eigenvalue weighted by atomic mass is 35.5. The Hall–Kier alpha value is -2.87. The van der Waals surface area contributed by atoms with E-state index in [1.165, 1.54) is 13.2 Å². The third-order valence-electron chi connectivity index (χ3n) is 3.77. The molecule has 8 heteroatoms. The highest BCUT2D eigenvalue weighted by molar-refractivity contribution is 6.42. The first kappa shape index (κ1) is 23.4. The second-order valence-corrected chi connectivity index (χ2v) is 6.62. The molecule has 0 aliphatic rings. The van der Waals surface area contributed by atoms with E-state index in [0.29, 0.717) is 22.1 Å². The molecule has 30 heavy (non-hydrogen) atoms. The van der Waals surface area contributed by atoms with E-state index in [-0.39, 0.29) is 24.8 Å². The van der Waals surface area contributed by atoms with Crippen molar-refractivity contribution in [3.05, 3.63) is 57.6 Å². The molecule has 6 nitrogen and oxygen atoms in total. The second kappa shape index (κ2) is 12.0. The number of benzene rings is 2. The van der Waals surface area contributed by atoms with Gasteiger partial charge in [-0.1, -0.05) is 47.2 Å². The number of terminal acetylenes is 2. The van der Waals surface area contributed by atoms with Gasteiger partial charge < -0.3 is 14.2 Å².